The predicted octanol–water partition coefficient (Wildman–Crippen LogP) is 3.42. The van der Waals surface area contributed by atoms with Crippen LogP contribution in [0.25, 0.3) is 0 Å². The molecule has 1 unspecified atom stereocenters. The maximum absolute atomic E-state index is 13.7. The summed E-state index contributed by atoms with van der Waals surface area (Å²) in [5.74, 6) is -1.40. The van der Waals surface area contributed by atoms with Gasteiger partial charge in [0.05, 0.1) is 6.04 Å². The standard InChI is InChI=1S/C12H14F2N4S/c1-3-9(12-16-4-5-19-12)17-11-8(14)6-7(13)10(15-2)18-11/h4-6,9H,3H2,1-2H3,(H2,15,17,18). The highest BCUT2D eigenvalue weighted by Gasteiger charge is 2.17. The first-order valence-electron chi connectivity index (χ1n) is 5.85. The fraction of sp³-hybridized carbons (Fsp3) is 0.333. The van der Waals surface area contributed by atoms with Crippen LogP contribution in [0, 0.1) is 11.6 Å². The molecule has 0 saturated carbocycles. The monoisotopic (exact) mass is 284 g/mol. The maximum atomic E-state index is 13.7. The van der Waals surface area contributed by atoms with Crippen LogP contribution in [0.1, 0.15) is 24.4 Å². The minimum absolute atomic E-state index is 0.0119. The van der Waals surface area contributed by atoms with Crippen LogP contribution in [-0.4, -0.2) is 17.0 Å². The van der Waals surface area contributed by atoms with Crippen LogP contribution in [-0.2, 0) is 0 Å². The van der Waals surface area contributed by atoms with E-state index in [2.05, 4.69) is 20.6 Å². The summed E-state index contributed by atoms with van der Waals surface area (Å²) in [7, 11) is 1.53. The van der Waals surface area contributed by atoms with Crippen molar-refractivity contribution in [1.29, 1.82) is 0 Å². The minimum Gasteiger partial charge on any atom is -0.371 e. The van der Waals surface area contributed by atoms with Gasteiger partial charge in [0.15, 0.2) is 23.3 Å². The van der Waals surface area contributed by atoms with Gasteiger partial charge in [-0.15, -0.1) is 11.3 Å². The lowest BCUT2D eigenvalue weighted by Crippen LogP contribution is -2.13. The van der Waals surface area contributed by atoms with Gasteiger partial charge < -0.3 is 10.6 Å². The second kappa shape index (κ2) is 5.92. The summed E-state index contributed by atoms with van der Waals surface area (Å²) in [6, 6.07) is 0.674. The summed E-state index contributed by atoms with van der Waals surface area (Å²) in [5, 5.41) is 8.24. The lowest BCUT2D eigenvalue weighted by Gasteiger charge is -2.16. The highest BCUT2D eigenvalue weighted by atomic mass is 32.1. The summed E-state index contributed by atoms with van der Waals surface area (Å²) in [4.78, 5) is 8.08. The summed E-state index contributed by atoms with van der Waals surface area (Å²) < 4.78 is 27.0. The Hall–Kier alpha value is -1.76. The van der Waals surface area contributed by atoms with Crippen LogP contribution < -0.4 is 10.6 Å². The molecule has 4 nitrogen and oxygen atoms in total. The fourth-order valence-electron chi connectivity index (χ4n) is 1.65. The van der Waals surface area contributed by atoms with E-state index in [4.69, 9.17) is 0 Å². The van der Waals surface area contributed by atoms with Gasteiger partial charge >= 0.3 is 0 Å². The highest BCUT2D eigenvalue weighted by Crippen LogP contribution is 2.26. The Morgan fingerprint density at radius 1 is 1.32 bits per heavy atom. The minimum atomic E-state index is -0.716. The molecular formula is C12H14F2N4S. The molecule has 0 amide bonds. The fourth-order valence-corrected chi connectivity index (χ4v) is 2.43. The molecule has 2 aromatic heterocycles. The third kappa shape index (κ3) is 2.98. The van der Waals surface area contributed by atoms with Crippen molar-refractivity contribution in [1.82, 2.24) is 9.97 Å². The molecule has 0 aromatic carbocycles. The van der Waals surface area contributed by atoms with Gasteiger partial charge in [-0.2, -0.15) is 0 Å². The lowest BCUT2D eigenvalue weighted by molar-refractivity contribution is 0.575. The Balaban J connectivity index is 2.27. The number of halogens is 2. The van der Waals surface area contributed by atoms with E-state index < -0.39 is 11.6 Å². The number of hydrogen-bond acceptors (Lipinski definition) is 5. The Labute approximate surface area is 113 Å². The highest BCUT2D eigenvalue weighted by molar-refractivity contribution is 7.09. The van der Waals surface area contributed by atoms with E-state index in [1.54, 1.807) is 6.20 Å². The van der Waals surface area contributed by atoms with Gasteiger partial charge in [-0.05, 0) is 6.42 Å². The molecule has 0 spiro atoms. The molecule has 0 aliphatic rings. The van der Waals surface area contributed by atoms with E-state index in [0.29, 0.717) is 0 Å². The van der Waals surface area contributed by atoms with Crippen molar-refractivity contribution < 1.29 is 8.78 Å². The molecule has 1 atom stereocenters. The largest absolute Gasteiger partial charge is 0.371 e. The zero-order chi connectivity index (χ0) is 13.8. The van der Waals surface area contributed by atoms with Crippen molar-refractivity contribution in [2.45, 2.75) is 19.4 Å². The molecule has 0 aliphatic carbocycles. The second-order valence-electron chi connectivity index (χ2n) is 3.87. The Morgan fingerprint density at radius 3 is 2.63 bits per heavy atom. The Kier molecular flexibility index (Phi) is 4.26. The van der Waals surface area contributed by atoms with Crippen molar-refractivity contribution in [2.75, 3.05) is 17.7 Å². The van der Waals surface area contributed by atoms with Crippen molar-refractivity contribution in [2.24, 2.45) is 0 Å². The van der Waals surface area contributed by atoms with Gasteiger partial charge in [0, 0.05) is 24.7 Å². The quantitative estimate of drug-likeness (QED) is 0.883. The predicted molar refractivity (Wildman–Crippen MR) is 72.5 cm³/mol. The van der Waals surface area contributed by atoms with Crippen molar-refractivity contribution in [3.05, 3.63) is 34.3 Å². The van der Waals surface area contributed by atoms with Crippen LogP contribution in [0.2, 0.25) is 0 Å². The van der Waals surface area contributed by atoms with Crippen molar-refractivity contribution >= 4 is 23.0 Å². The first-order chi connectivity index (χ1) is 9.15. The topological polar surface area (TPSA) is 49.8 Å². The maximum Gasteiger partial charge on any atom is 0.168 e. The normalized spacial score (nSPS) is 12.2. The number of nitrogens with one attached hydrogen (secondary N) is 2. The van der Waals surface area contributed by atoms with Crippen LogP contribution in [0.5, 0.6) is 0 Å². The molecule has 102 valence electrons. The summed E-state index contributed by atoms with van der Waals surface area (Å²) in [5.41, 5.74) is 0. The zero-order valence-corrected chi connectivity index (χ0v) is 11.4. The molecule has 0 radical (unpaired) electrons. The van der Waals surface area contributed by atoms with E-state index >= 15 is 0 Å². The summed E-state index contributed by atoms with van der Waals surface area (Å²) in [6.07, 6.45) is 2.42. The second-order valence-corrected chi connectivity index (χ2v) is 4.80. The molecule has 19 heavy (non-hydrogen) atoms. The van der Waals surface area contributed by atoms with Crippen LogP contribution in [0.4, 0.5) is 20.4 Å². The number of nitrogens with zero attached hydrogens (tertiary/aromatic N) is 2. The molecule has 2 aromatic rings. The third-order valence-corrected chi connectivity index (χ3v) is 3.52. The van der Waals surface area contributed by atoms with Crippen molar-refractivity contribution in [3.8, 4) is 0 Å². The molecule has 2 heterocycles. The van der Waals surface area contributed by atoms with Gasteiger partial charge in [-0.1, -0.05) is 6.92 Å². The van der Waals surface area contributed by atoms with Gasteiger partial charge in [0.25, 0.3) is 0 Å². The molecule has 2 rings (SSSR count). The molecular weight excluding hydrogens is 270 g/mol. The number of hydrogen-bond donors (Lipinski definition) is 2. The summed E-state index contributed by atoms with van der Waals surface area (Å²) in [6.45, 7) is 1.96. The molecule has 0 aliphatic heterocycles. The SMILES string of the molecule is CCC(Nc1nc(NC)c(F)cc1F)c1nccs1. The average Bonchev–Trinajstić information content (AvgIpc) is 2.92. The van der Waals surface area contributed by atoms with E-state index in [1.165, 1.54) is 18.4 Å². The van der Waals surface area contributed by atoms with Gasteiger partial charge in [-0.3, -0.25) is 0 Å². The van der Waals surface area contributed by atoms with Crippen LogP contribution in [0.3, 0.4) is 0 Å². The number of anilines is 2. The molecule has 0 saturated heterocycles. The Bertz CT molecular complexity index is 545. The van der Waals surface area contributed by atoms with Crippen LogP contribution in [0.15, 0.2) is 17.6 Å². The molecule has 0 bridgehead atoms. The lowest BCUT2D eigenvalue weighted by atomic mass is 10.2. The number of rotatable bonds is 5. The number of aromatic nitrogens is 2. The smallest absolute Gasteiger partial charge is 0.168 e. The van der Waals surface area contributed by atoms with Gasteiger partial charge in [0.2, 0.25) is 0 Å². The van der Waals surface area contributed by atoms with E-state index in [-0.39, 0.29) is 17.7 Å². The summed E-state index contributed by atoms with van der Waals surface area (Å²) >= 11 is 1.48. The number of thiazole rings is 1. The van der Waals surface area contributed by atoms with Gasteiger partial charge in [-0.25, -0.2) is 18.7 Å². The molecule has 7 heteroatoms. The van der Waals surface area contributed by atoms with E-state index in [0.717, 1.165) is 17.5 Å². The number of pyridine rings is 1. The van der Waals surface area contributed by atoms with Crippen LogP contribution >= 0.6 is 11.3 Å². The zero-order valence-electron chi connectivity index (χ0n) is 10.6. The van der Waals surface area contributed by atoms with E-state index in [9.17, 15) is 8.78 Å². The van der Waals surface area contributed by atoms with Gasteiger partial charge in [0.1, 0.15) is 5.01 Å². The van der Waals surface area contributed by atoms with E-state index in [1.807, 2.05) is 12.3 Å². The first kappa shape index (κ1) is 13.7. The molecule has 2 N–H and O–H groups in total. The first-order valence-corrected chi connectivity index (χ1v) is 6.73. The Morgan fingerprint density at radius 2 is 2.05 bits per heavy atom. The molecule has 0 fully saturated rings. The third-order valence-electron chi connectivity index (χ3n) is 2.64. The average molecular weight is 284 g/mol. The van der Waals surface area contributed by atoms with Crippen molar-refractivity contribution in [3.63, 3.8) is 0 Å².